The molecule has 1 aliphatic heterocycles. The lowest BCUT2D eigenvalue weighted by atomic mass is 9.90. The molecule has 1 unspecified atom stereocenters. The predicted molar refractivity (Wildman–Crippen MR) is 113 cm³/mol. The molecular weight excluding hydrogens is 388 g/mol. The molecule has 0 N–H and O–H groups in total. The number of Topliss-reactive ketones (excluding diaryl/α,β-unsaturated/α-hetero) is 1. The second-order valence-corrected chi connectivity index (χ2v) is 7.67. The average molecular weight is 409 g/mol. The van der Waals surface area contributed by atoms with Crippen LogP contribution in [0.5, 0.6) is 0 Å². The third-order valence-corrected chi connectivity index (χ3v) is 5.51. The minimum atomic E-state index is -0.163. The van der Waals surface area contributed by atoms with Gasteiger partial charge in [0.05, 0.1) is 5.69 Å². The second kappa shape index (κ2) is 8.17. The van der Waals surface area contributed by atoms with Crippen LogP contribution < -0.4 is 10.5 Å². The zero-order chi connectivity index (χ0) is 20.4. The van der Waals surface area contributed by atoms with Crippen LogP contribution in [0.2, 0.25) is 5.02 Å². The van der Waals surface area contributed by atoms with Gasteiger partial charge in [-0.3, -0.25) is 19.1 Å². The SMILES string of the molecule is Cn1c(N2CCCC(C(=O)c3cccc(Cl)c3)C2)nc(-c2ccncc2)cc1=O. The van der Waals surface area contributed by atoms with E-state index >= 15 is 0 Å². The largest absolute Gasteiger partial charge is 0.341 e. The van der Waals surface area contributed by atoms with Crippen molar-refractivity contribution >= 4 is 23.3 Å². The van der Waals surface area contributed by atoms with E-state index in [-0.39, 0.29) is 17.3 Å². The van der Waals surface area contributed by atoms with Gasteiger partial charge in [0.15, 0.2) is 5.78 Å². The highest BCUT2D eigenvalue weighted by molar-refractivity contribution is 6.31. The normalized spacial score (nSPS) is 16.6. The first-order chi connectivity index (χ1) is 14.0. The predicted octanol–water partition coefficient (Wildman–Crippen LogP) is 3.60. The topological polar surface area (TPSA) is 68.1 Å². The van der Waals surface area contributed by atoms with Gasteiger partial charge in [0.2, 0.25) is 5.95 Å². The lowest BCUT2D eigenvalue weighted by Gasteiger charge is -2.33. The van der Waals surface area contributed by atoms with E-state index in [1.165, 1.54) is 10.6 Å². The molecule has 0 spiro atoms. The third kappa shape index (κ3) is 4.07. The van der Waals surface area contributed by atoms with Gasteiger partial charge in [-0.2, -0.15) is 0 Å². The maximum absolute atomic E-state index is 13.0. The van der Waals surface area contributed by atoms with Gasteiger partial charge >= 0.3 is 0 Å². The Balaban J connectivity index is 1.64. The molecule has 1 fully saturated rings. The fraction of sp³-hybridized carbons (Fsp3) is 0.273. The van der Waals surface area contributed by atoms with Gasteiger partial charge < -0.3 is 4.90 Å². The lowest BCUT2D eigenvalue weighted by molar-refractivity contribution is 0.0906. The van der Waals surface area contributed by atoms with Crippen molar-refractivity contribution in [2.45, 2.75) is 12.8 Å². The van der Waals surface area contributed by atoms with Gasteiger partial charge in [0.25, 0.3) is 5.56 Å². The van der Waals surface area contributed by atoms with E-state index < -0.39 is 0 Å². The molecule has 1 aromatic carbocycles. The van der Waals surface area contributed by atoms with Gasteiger partial charge in [-0.05, 0) is 37.1 Å². The Kier molecular flexibility index (Phi) is 5.45. The van der Waals surface area contributed by atoms with Crippen LogP contribution in [-0.2, 0) is 7.05 Å². The first-order valence-corrected chi connectivity index (χ1v) is 9.94. The summed E-state index contributed by atoms with van der Waals surface area (Å²) in [7, 11) is 1.71. The fourth-order valence-electron chi connectivity index (χ4n) is 3.73. The summed E-state index contributed by atoms with van der Waals surface area (Å²) in [6.07, 6.45) is 5.01. The van der Waals surface area contributed by atoms with Crippen molar-refractivity contribution in [3.63, 3.8) is 0 Å². The summed E-state index contributed by atoms with van der Waals surface area (Å²) in [5.74, 6) is 0.490. The molecule has 1 atom stereocenters. The Morgan fingerprint density at radius 2 is 1.97 bits per heavy atom. The Hall–Kier alpha value is -2.99. The quantitative estimate of drug-likeness (QED) is 0.617. The zero-order valence-corrected chi connectivity index (χ0v) is 16.8. The average Bonchev–Trinajstić information content (AvgIpc) is 2.75. The van der Waals surface area contributed by atoms with Gasteiger partial charge in [-0.25, -0.2) is 4.98 Å². The minimum absolute atomic E-state index is 0.0764. The smallest absolute Gasteiger partial charge is 0.255 e. The maximum Gasteiger partial charge on any atom is 0.255 e. The van der Waals surface area contributed by atoms with Crippen LogP contribution in [0, 0.1) is 5.92 Å². The van der Waals surface area contributed by atoms with Crippen molar-refractivity contribution in [3.05, 3.63) is 75.8 Å². The van der Waals surface area contributed by atoms with Crippen LogP contribution in [-0.4, -0.2) is 33.4 Å². The maximum atomic E-state index is 13.0. The van der Waals surface area contributed by atoms with Gasteiger partial charge in [-0.15, -0.1) is 0 Å². The second-order valence-electron chi connectivity index (χ2n) is 7.23. The van der Waals surface area contributed by atoms with Crippen molar-refractivity contribution in [1.29, 1.82) is 0 Å². The number of aromatic nitrogens is 3. The molecule has 148 valence electrons. The van der Waals surface area contributed by atoms with E-state index in [2.05, 4.69) is 4.98 Å². The van der Waals surface area contributed by atoms with Crippen LogP contribution in [0.3, 0.4) is 0 Å². The number of benzene rings is 1. The summed E-state index contributed by atoms with van der Waals surface area (Å²) in [5, 5.41) is 0.553. The molecular formula is C22H21ClN4O2. The number of carbonyl (C=O) groups is 1. The standard InChI is InChI=1S/C22H21ClN4O2/c1-26-20(28)13-19(15-7-9-24-10-8-15)25-22(26)27-11-3-5-17(14-27)21(29)16-4-2-6-18(23)12-16/h2,4,6-10,12-13,17H,3,5,11,14H2,1H3. The van der Waals surface area contributed by atoms with Crippen molar-refractivity contribution in [2.24, 2.45) is 13.0 Å². The molecule has 6 nitrogen and oxygen atoms in total. The lowest BCUT2D eigenvalue weighted by Crippen LogP contribution is -2.41. The van der Waals surface area contributed by atoms with Crippen molar-refractivity contribution in [1.82, 2.24) is 14.5 Å². The third-order valence-electron chi connectivity index (χ3n) is 5.27. The molecule has 4 rings (SSSR count). The van der Waals surface area contributed by atoms with Crippen LogP contribution in [0.1, 0.15) is 23.2 Å². The summed E-state index contributed by atoms with van der Waals surface area (Å²) >= 11 is 6.05. The highest BCUT2D eigenvalue weighted by Crippen LogP contribution is 2.26. The molecule has 3 heterocycles. The molecule has 2 aromatic heterocycles. The summed E-state index contributed by atoms with van der Waals surface area (Å²) in [6, 6.07) is 12.2. The van der Waals surface area contributed by atoms with E-state index in [1.807, 2.05) is 17.0 Å². The van der Waals surface area contributed by atoms with E-state index in [4.69, 9.17) is 16.6 Å². The molecule has 0 bridgehead atoms. The molecule has 3 aromatic rings. The van der Waals surface area contributed by atoms with E-state index in [0.29, 0.717) is 28.8 Å². The molecule has 1 saturated heterocycles. The molecule has 0 amide bonds. The Bertz CT molecular complexity index is 1100. The summed E-state index contributed by atoms with van der Waals surface area (Å²) in [5.41, 5.74) is 1.93. The number of nitrogens with zero attached hydrogens (tertiary/aromatic N) is 4. The van der Waals surface area contributed by atoms with Crippen molar-refractivity contribution in [3.8, 4) is 11.3 Å². The Labute approximate surface area is 173 Å². The first-order valence-electron chi connectivity index (χ1n) is 9.56. The van der Waals surface area contributed by atoms with Crippen LogP contribution in [0.4, 0.5) is 5.95 Å². The van der Waals surface area contributed by atoms with Crippen LogP contribution in [0.25, 0.3) is 11.3 Å². The summed E-state index contributed by atoms with van der Waals surface area (Å²) < 4.78 is 1.54. The molecule has 0 aliphatic carbocycles. The molecule has 0 radical (unpaired) electrons. The Morgan fingerprint density at radius 3 is 2.72 bits per heavy atom. The molecule has 0 saturated carbocycles. The van der Waals surface area contributed by atoms with Crippen LogP contribution in [0.15, 0.2) is 59.7 Å². The highest BCUT2D eigenvalue weighted by Gasteiger charge is 2.28. The number of hydrogen-bond donors (Lipinski definition) is 0. The number of carbonyl (C=O) groups excluding carboxylic acids is 1. The van der Waals surface area contributed by atoms with E-state index in [0.717, 1.165) is 24.9 Å². The molecule has 1 aliphatic rings. The highest BCUT2D eigenvalue weighted by atomic mass is 35.5. The summed E-state index contributed by atoms with van der Waals surface area (Å²) in [6.45, 7) is 1.27. The number of hydrogen-bond acceptors (Lipinski definition) is 5. The van der Waals surface area contributed by atoms with Gasteiger partial charge in [-0.1, -0.05) is 23.7 Å². The number of ketones is 1. The fourth-order valence-corrected chi connectivity index (χ4v) is 3.92. The number of anilines is 1. The molecule has 7 heteroatoms. The van der Waals surface area contributed by atoms with Crippen molar-refractivity contribution in [2.75, 3.05) is 18.0 Å². The van der Waals surface area contributed by atoms with E-state index in [9.17, 15) is 9.59 Å². The van der Waals surface area contributed by atoms with Crippen molar-refractivity contribution < 1.29 is 4.79 Å². The molecule has 29 heavy (non-hydrogen) atoms. The minimum Gasteiger partial charge on any atom is -0.341 e. The van der Waals surface area contributed by atoms with Crippen LogP contribution >= 0.6 is 11.6 Å². The van der Waals surface area contributed by atoms with Gasteiger partial charge in [0, 0.05) is 60.7 Å². The monoisotopic (exact) mass is 408 g/mol. The number of halogens is 1. The number of piperidine rings is 1. The zero-order valence-electron chi connectivity index (χ0n) is 16.1. The number of pyridine rings is 1. The summed E-state index contributed by atoms with van der Waals surface area (Å²) in [4.78, 5) is 36.3. The van der Waals surface area contributed by atoms with E-state index in [1.54, 1.807) is 43.7 Å². The number of rotatable bonds is 4. The first kappa shape index (κ1) is 19.3. The Morgan fingerprint density at radius 1 is 1.17 bits per heavy atom. The van der Waals surface area contributed by atoms with Gasteiger partial charge in [0.1, 0.15) is 0 Å².